The van der Waals surface area contributed by atoms with Crippen molar-refractivity contribution in [3.63, 3.8) is 0 Å². The third kappa shape index (κ3) is 4.31. The Hall–Kier alpha value is -1.15. The van der Waals surface area contributed by atoms with Crippen LogP contribution in [0.2, 0.25) is 0 Å². The fraction of sp³-hybridized carbons (Fsp3) is 0.222. The van der Waals surface area contributed by atoms with Crippen molar-refractivity contribution in [1.82, 2.24) is 0 Å². The van der Waals surface area contributed by atoms with E-state index in [1.165, 1.54) is 12.1 Å². The Balaban J connectivity index is 2.83. The summed E-state index contributed by atoms with van der Waals surface area (Å²) in [6.07, 6.45) is 0. The molecule has 17 heavy (non-hydrogen) atoms. The summed E-state index contributed by atoms with van der Waals surface area (Å²) in [6.45, 7) is 0. The van der Waals surface area contributed by atoms with Crippen LogP contribution in [0.1, 0.15) is 0 Å². The van der Waals surface area contributed by atoms with Crippen molar-refractivity contribution in [2.75, 3.05) is 17.6 Å². The monoisotopic (exact) mass is 325 g/mol. The van der Waals surface area contributed by atoms with Gasteiger partial charge in [-0.05, 0) is 34.1 Å². The molecule has 1 aromatic carbocycles. The van der Waals surface area contributed by atoms with E-state index in [9.17, 15) is 17.6 Å². The van der Waals surface area contributed by atoms with Gasteiger partial charge in [-0.3, -0.25) is 9.52 Å². The van der Waals surface area contributed by atoms with Crippen molar-refractivity contribution in [3.8, 4) is 0 Å². The van der Waals surface area contributed by atoms with Crippen molar-refractivity contribution in [2.45, 2.75) is 0 Å². The van der Waals surface area contributed by atoms with Gasteiger partial charge in [0.05, 0.1) is 11.6 Å². The van der Waals surface area contributed by atoms with Crippen LogP contribution in [0.4, 0.5) is 10.1 Å². The van der Waals surface area contributed by atoms with Crippen LogP contribution in [-0.2, 0) is 19.6 Å². The highest BCUT2D eigenvalue weighted by Gasteiger charge is 2.17. The normalized spacial score (nSPS) is 11.0. The molecule has 0 fully saturated rings. The number of benzene rings is 1. The van der Waals surface area contributed by atoms with Gasteiger partial charge in [0.15, 0.2) is 5.75 Å². The molecule has 0 unspecified atom stereocenters. The molecule has 94 valence electrons. The molecule has 0 aliphatic rings. The molecule has 0 radical (unpaired) electrons. The molecule has 0 bridgehead atoms. The lowest BCUT2D eigenvalue weighted by Gasteiger charge is -2.07. The number of nitrogens with one attached hydrogen (secondary N) is 1. The quantitative estimate of drug-likeness (QED) is 0.851. The summed E-state index contributed by atoms with van der Waals surface area (Å²) in [7, 11) is -2.75. The molecule has 0 spiro atoms. The number of anilines is 1. The molecule has 1 rings (SSSR count). The third-order valence-electron chi connectivity index (χ3n) is 1.73. The first-order chi connectivity index (χ1) is 7.84. The van der Waals surface area contributed by atoms with Crippen LogP contribution in [0, 0.1) is 5.82 Å². The van der Waals surface area contributed by atoms with Crippen molar-refractivity contribution >= 4 is 37.6 Å². The third-order valence-corrected chi connectivity index (χ3v) is 3.50. The van der Waals surface area contributed by atoms with Crippen LogP contribution in [0.15, 0.2) is 22.7 Å². The fourth-order valence-electron chi connectivity index (χ4n) is 0.989. The van der Waals surface area contributed by atoms with E-state index in [1.54, 1.807) is 0 Å². The fourth-order valence-corrected chi connectivity index (χ4v) is 2.35. The van der Waals surface area contributed by atoms with E-state index >= 15 is 0 Å². The summed E-state index contributed by atoms with van der Waals surface area (Å²) in [5.74, 6) is -2.18. The van der Waals surface area contributed by atoms with Crippen LogP contribution in [0.3, 0.4) is 0 Å². The smallest absolute Gasteiger partial charge is 0.322 e. The largest absolute Gasteiger partial charge is 0.468 e. The number of esters is 1. The van der Waals surface area contributed by atoms with E-state index in [1.807, 2.05) is 0 Å². The maximum Gasteiger partial charge on any atom is 0.322 e. The number of hydrogen-bond donors (Lipinski definition) is 1. The number of halogens is 2. The lowest BCUT2D eigenvalue weighted by molar-refractivity contribution is -0.137. The first-order valence-electron chi connectivity index (χ1n) is 4.36. The minimum atomic E-state index is -3.84. The van der Waals surface area contributed by atoms with E-state index < -0.39 is 27.6 Å². The van der Waals surface area contributed by atoms with E-state index in [-0.39, 0.29) is 10.2 Å². The minimum Gasteiger partial charge on any atom is -0.468 e. The van der Waals surface area contributed by atoms with Gasteiger partial charge in [-0.1, -0.05) is 0 Å². The maximum absolute atomic E-state index is 12.9. The minimum absolute atomic E-state index is 0.121. The summed E-state index contributed by atoms with van der Waals surface area (Å²) < 4.78 is 42.3. The number of rotatable bonds is 4. The zero-order valence-corrected chi connectivity index (χ0v) is 11.1. The number of methoxy groups -OCH3 is 1. The average molecular weight is 326 g/mol. The summed E-state index contributed by atoms with van der Waals surface area (Å²) in [6, 6.07) is 3.60. The standard InChI is InChI=1S/C9H9BrFNO4S/c1-16-9(13)5-17(14,15)12-6-2-3-8(11)7(10)4-6/h2-4,12H,5H2,1H3. The van der Waals surface area contributed by atoms with Gasteiger partial charge in [0.25, 0.3) is 0 Å². The molecule has 1 N–H and O–H groups in total. The molecule has 0 aliphatic carbocycles. The Morgan fingerprint density at radius 3 is 2.71 bits per heavy atom. The van der Waals surface area contributed by atoms with Crippen LogP contribution in [0.25, 0.3) is 0 Å². The van der Waals surface area contributed by atoms with Crippen molar-refractivity contribution in [2.24, 2.45) is 0 Å². The number of carbonyl (C=O) groups excluding carboxylic acids is 1. The number of carbonyl (C=O) groups is 1. The zero-order chi connectivity index (χ0) is 13.1. The van der Waals surface area contributed by atoms with Gasteiger partial charge in [0.1, 0.15) is 5.82 Å². The van der Waals surface area contributed by atoms with Crippen LogP contribution in [-0.4, -0.2) is 27.2 Å². The first kappa shape index (κ1) is 13.9. The summed E-state index contributed by atoms with van der Waals surface area (Å²) in [5, 5.41) is 0. The second-order valence-corrected chi connectivity index (χ2v) is 5.64. The molecule has 8 heteroatoms. The number of ether oxygens (including phenoxy) is 1. The molecule has 0 heterocycles. The van der Waals surface area contributed by atoms with Gasteiger partial charge in [-0.25, -0.2) is 12.8 Å². The molecule has 0 atom stereocenters. The molecular formula is C9H9BrFNO4S. The van der Waals surface area contributed by atoms with Gasteiger partial charge in [0.2, 0.25) is 10.0 Å². The Morgan fingerprint density at radius 1 is 1.53 bits per heavy atom. The average Bonchev–Trinajstić information content (AvgIpc) is 2.22. The van der Waals surface area contributed by atoms with E-state index in [2.05, 4.69) is 25.4 Å². The molecule has 0 amide bonds. The Morgan fingerprint density at radius 2 is 2.18 bits per heavy atom. The van der Waals surface area contributed by atoms with E-state index in [4.69, 9.17) is 0 Å². The van der Waals surface area contributed by atoms with Crippen LogP contribution < -0.4 is 4.72 Å². The van der Waals surface area contributed by atoms with Crippen molar-refractivity contribution in [3.05, 3.63) is 28.5 Å². The molecule has 0 aromatic heterocycles. The predicted molar refractivity (Wildman–Crippen MR) is 63.5 cm³/mol. The van der Waals surface area contributed by atoms with E-state index in [0.29, 0.717) is 0 Å². The molecular weight excluding hydrogens is 317 g/mol. The van der Waals surface area contributed by atoms with Gasteiger partial charge >= 0.3 is 5.97 Å². The van der Waals surface area contributed by atoms with Crippen molar-refractivity contribution in [1.29, 1.82) is 0 Å². The zero-order valence-electron chi connectivity index (χ0n) is 8.74. The summed E-state index contributed by atoms with van der Waals surface area (Å²) in [4.78, 5) is 10.8. The van der Waals surface area contributed by atoms with Crippen molar-refractivity contribution < 1.29 is 22.3 Å². The highest BCUT2D eigenvalue weighted by molar-refractivity contribution is 9.10. The maximum atomic E-state index is 12.9. The SMILES string of the molecule is COC(=O)CS(=O)(=O)Nc1ccc(F)c(Br)c1. The topological polar surface area (TPSA) is 72.5 Å². The number of sulfonamides is 1. The second kappa shape index (κ2) is 5.46. The Bertz CT molecular complexity index is 532. The molecule has 1 aromatic rings. The summed E-state index contributed by atoms with van der Waals surface area (Å²) in [5.41, 5.74) is 0.155. The molecule has 0 saturated carbocycles. The predicted octanol–water partition coefficient (Wildman–Crippen LogP) is 1.50. The molecule has 5 nitrogen and oxygen atoms in total. The Kier molecular flexibility index (Phi) is 4.47. The highest BCUT2D eigenvalue weighted by atomic mass is 79.9. The molecule has 0 saturated heterocycles. The molecule has 0 aliphatic heterocycles. The second-order valence-electron chi connectivity index (χ2n) is 3.07. The first-order valence-corrected chi connectivity index (χ1v) is 6.81. The van der Waals surface area contributed by atoms with Crippen LogP contribution in [0.5, 0.6) is 0 Å². The Labute approximate surface area is 106 Å². The lowest BCUT2D eigenvalue weighted by Crippen LogP contribution is -2.23. The summed E-state index contributed by atoms with van der Waals surface area (Å²) >= 11 is 2.92. The van der Waals surface area contributed by atoms with Gasteiger partial charge in [-0.2, -0.15) is 0 Å². The number of hydrogen-bond acceptors (Lipinski definition) is 4. The van der Waals surface area contributed by atoms with Gasteiger partial charge < -0.3 is 4.74 Å². The van der Waals surface area contributed by atoms with Gasteiger partial charge in [0, 0.05) is 5.69 Å². The highest BCUT2D eigenvalue weighted by Crippen LogP contribution is 2.20. The van der Waals surface area contributed by atoms with Crippen LogP contribution >= 0.6 is 15.9 Å². The lowest BCUT2D eigenvalue weighted by atomic mass is 10.3. The van der Waals surface area contributed by atoms with E-state index in [0.717, 1.165) is 13.2 Å². The van der Waals surface area contributed by atoms with Gasteiger partial charge in [-0.15, -0.1) is 0 Å².